The van der Waals surface area contributed by atoms with Crippen LogP contribution in [0.3, 0.4) is 0 Å². The summed E-state index contributed by atoms with van der Waals surface area (Å²) in [5.74, 6) is -1.47. The Morgan fingerprint density at radius 2 is 1.25 bits per heavy atom. The molecule has 162 valence electrons. The average molecular weight is 395 g/mol. The highest BCUT2D eigenvalue weighted by atomic mass is 16.4. The van der Waals surface area contributed by atoms with E-state index in [9.17, 15) is 14.7 Å². The molecule has 0 saturated carbocycles. The fraction of sp³-hybridized carbons (Fsp3) is 0.750. The van der Waals surface area contributed by atoms with Crippen molar-refractivity contribution in [3.63, 3.8) is 0 Å². The van der Waals surface area contributed by atoms with E-state index in [-0.39, 0.29) is 12.2 Å². The maximum Gasteiger partial charge on any atom is 0.328 e. The zero-order chi connectivity index (χ0) is 20.9. The van der Waals surface area contributed by atoms with Crippen LogP contribution in [0, 0.1) is 0 Å². The number of carboxylic acid groups (broad SMARTS) is 1. The number of carboxylic acids is 1. The van der Waals surface area contributed by atoms with E-state index >= 15 is 0 Å². The molecule has 0 fully saturated rings. The molecule has 4 heteroatoms. The molecule has 0 aliphatic rings. The van der Waals surface area contributed by atoms with Crippen LogP contribution in [0.1, 0.15) is 110 Å². The first-order valence-corrected chi connectivity index (χ1v) is 11.3. The fourth-order valence-corrected chi connectivity index (χ4v) is 3.19. The second kappa shape index (κ2) is 20.3. The summed E-state index contributed by atoms with van der Waals surface area (Å²) in [4.78, 5) is 21.7. The molecule has 0 aromatic heterocycles. The van der Waals surface area contributed by atoms with E-state index in [4.69, 9.17) is 5.11 Å². The predicted octanol–water partition coefficient (Wildman–Crippen LogP) is 6.37. The number of aliphatic hydroxyl groups excluding tert-OH is 1. The summed E-state index contributed by atoms with van der Waals surface area (Å²) in [6.07, 6.45) is 23.9. The van der Waals surface area contributed by atoms with Gasteiger partial charge in [-0.05, 0) is 38.2 Å². The standard InChI is InChI=1S/C24H42O4/c1-2-3-4-5-6-7-8-9-10-11-12-13-14-15-16-17-18-22(25)21-23(26)19-20-24(27)28/h7-8,19-20,22,25H,2-6,9-18,21H2,1H3,(H,27,28)/b8-7-,20-19+. The third-order valence-corrected chi connectivity index (χ3v) is 4.90. The first-order valence-electron chi connectivity index (χ1n) is 11.3. The molecule has 0 spiro atoms. The normalized spacial score (nSPS) is 12.8. The van der Waals surface area contributed by atoms with Crippen LogP contribution in [0.4, 0.5) is 0 Å². The Morgan fingerprint density at radius 3 is 1.79 bits per heavy atom. The van der Waals surface area contributed by atoms with Crippen LogP contribution < -0.4 is 0 Å². The topological polar surface area (TPSA) is 74.6 Å². The summed E-state index contributed by atoms with van der Waals surface area (Å²) < 4.78 is 0. The van der Waals surface area contributed by atoms with Crippen molar-refractivity contribution in [1.82, 2.24) is 0 Å². The van der Waals surface area contributed by atoms with Gasteiger partial charge in [-0.2, -0.15) is 0 Å². The number of aliphatic carboxylic acids is 1. The second-order valence-corrected chi connectivity index (χ2v) is 7.72. The molecule has 28 heavy (non-hydrogen) atoms. The zero-order valence-corrected chi connectivity index (χ0v) is 17.9. The number of ketones is 1. The van der Waals surface area contributed by atoms with Crippen LogP contribution in [0.15, 0.2) is 24.3 Å². The van der Waals surface area contributed by atoms with Crippen molar-refractivity contribution in [2.75, 3.05) is 0 Å². The van der Waals surface area contributed by atoms with Crippen molar-refractivity contribution in [1.29, 1.82) is 0 Å². The molecule has 2 N–H and O–H groups in total. The summed E-state index contributed by atoms with van der Waals surface area (Å²) >= 11 is 0. The largest absolute Gasteiger partial charge is 0.478 e. The highest BCUT2D eigenvalue weighted by Gasteiger charge is 2.08. The second-order valence-electron chi connectivity index (χ2n) is 7.72. The number of aliphatic hydroxyl groups is 1. The van der Waals surface area contributed by atoms with E-state index in [2.05, 4.69) is 19.1 Å². The van der Waals surface area contributed by atoms with E-state index in [1.807, 2.05) is 0 Å². The maximum atomic E-state index is 11.4. The van der Waals surface area contributed by atoms with Crippen LogP contribution in [-0.2, 0) is 9.59 Å². The van der Waals surface area contributed by atoms with Gasteiger partial charge in [0.15, 0.2) is 5.78 Å². The first kappa shape index (κ1) is 26.6. The Hall–Kier alpha value is -1.42. The highest BCUT2D eigenvalue weighted by Crippen LogP contribution is 2.13. The van der Waals surface area contributed by atoms with Gasteiger partial charge in [0, 0.05) is 12.5 Å². The molecule has 0 heterocycles. The lowest BCUT2D eigenvalue weighted by molar-refractivity contribution is -0.131. The summed E-state index contributed by atoms with van der Waals surface area (Å²) in [5.41, 5.74) is 0. The zero-order valence-electron chi connectivity index (χ0n) is 17.9. The van der Waals surface area contributed by atoms with Crippen LogP contribution in [0.5, 0.6) is 0 Å². The monoisotopic (exact) mass is 394 g/mol. The van der Waals surface area contributed by atoms with Gasteiger partial charge >= 0.3 is 5.97 Å². The predicted molar refractivity (Wildman–Crippen MR) is 116 cm³/mol. The molecule has 4 nitrogen and oxygen atoms in total. The summed E-state index contributed by atoms with van der Waals surface area (Å²) in [7, 11) is 0. The molecule has 0 amide bonds. The Balaban J connectivity index is 3.34. The molecule has 0 aliphatic heterocycles. The minimum atomic E-state index is -1.14. The van der Waals surface area contributed by atoms with Crippen LogP contribution >= 0.6 is 0 Å². The molecule has 0 rings (SSSR count). The highest BCUT2D eigenvalue weighted by molar-refractivity contribution is 5.95. The van der Waals surface area contributed by atoms with Crippen molar-refractivity contribution in [3.8, 4) is 0 Å². The van der Waals surface area contributed by atoms with Gasteiger partial charge in [-0.15, -0.1) is 0 Å². The minimum absolute atomic E-state index is 0.0109. The van der Waals surface area contributed by atoms with E-state index in [0.29, 0.717) is 6.42 Å². The summed E-state index contributed by atoms with van der Waals surface area (Å²) in [6, 6.07) is 0. The van der Waals surface area contributed by atoms with Gasteiger partial charge in [-0.1, -0.05) is 83.3 Å². The van der Waals surface area contributed by atoms with E-state index in [1.54, 1.807) is 0 Å². The van der Waals surface area contributed by atoms with E-state index < -0.39 is 12.1 Å². The van der Waals surface area contributed by atoms with Crippen molar-refractivity contribution < 1.29 is 19.8 Å². The molecule has 0 aromatic carbocycles. The van der Waals surface area contributed by atoms with Gasteiger partial charge in [0.25, 0.3) is 0 Å². The summed E-state index contributed by atoms with van der Waals surface area (Å²) in [5, 5.41) is 18.2. The number of hydrogen-bond acceptors (Lipinski definition) is 3. The lowest BCUT2D eigenvalue weighted by atomic mass is 10.0. The molecule has 0 saturated heterocycles. The Kier molecular flexibility index (Phi) is 19.3. The lowest BCUT2D eigenvalue weighted by Gasteiger charge is -2.08. The summed E-state index contributed by atoms with van der Waals surface area (Å²) in [6.45, 7) is 2.25. The number of carbonyl (C=O) groups excluding carboxylic acids is 1. The molecule has 1 unspecified atom stereocenters. The number of carbonyl (C=O) groups is 2. The molecular weight excluding hydrogens is 352 g/mol. The van der Waals surface area contributed by atoms with Crippen LogP contribution in [0.2, 0.25) is 0 Å². The quantitative estimate of drug-likeness (QED) is 0.143. The Bertz CT molecular complexity index is 440. The van der Waals surface area contributed by atoms with Gasteiger partial charge in [0.05, 0.1) is 6.10 Å². The molecule has 0 radical (unpaired) electrons. The average Bonchev–Trinajstić information content (AvgIpc) is 2.66. The van der Waals surface area contributed by atoms with Crippen molar-refractivity contribution in [2.24, 2.45) is 0 Å². The first-order chi connectivity index (χ1) is 13.6. The molecule has 0 aliphatic carbocycles. The van der Waals surface area contributed by atoms with Gasteiger partial charge in [0.1, 0.15) is 0 Å². The molecule has 0 bridgehead atoms. The molecular formula is C24H42O4. The molecule has 1 atom stereocenters. The van der Waals surface area contributed by atoms with Crippen LogP contribution in [-0.4, -0.2) is 28.1 Å². The van der Waals surface area contributed by atoms with Gasteiger partial charge in [0.2, 0.25) is 0 Å². The lowest BCUT2D eigenvalue weighted by Crippen LogP contribution is -2.12. The minimum Gasteiger partial charge on any atom is -0.478 e. The maximum absolute atomic E-state index is 11.4. The van der Waals surface area contributed by atoms with Gasteiger partial charge in [-0.3, -0.25) is 4.79 Å². The Labute approximate surface area is 172 Å². The number of rotatable bonds is 20. The third kappa shape index (κ3) is 20.9. The van der Waals surface area contributed by atoms with Crippen molar-refractivity contribution >= 4 is 11.8 Å². The Morgan fingerprint density at radius 1 is 0.750 bits per heavy atom. The fourth-order valence-electron chi connectivity index (χ4n) is 3.19. The smallest absolute Gasteiger partial charge is 0.328 e. The third-order valence-electron chi connectivity index (χ3n) is 4.90. The number of allylic oxidation sites excluding steroid dienone is 3. The van der Waals surface area contributed by atoms with Gasteiger partial charge in [-0.25, -0.2) is 4.79 Å². The van der Waals surface area contributed by atoms with Crippen molar-refractivity contribution in [2.45, 2.75) is 116 Å². The van der Waals surface area contributed by atoms with Gasteiger partial charge < -0.3 is 10.2 Å². The van der Waals surface area contributed by atoms with E-state index in [1.165, 1.54) is 77.0 Å². The SMILES string of the molecule is CCCCCC/C=C\CCCCCCCCCCC(O)CC(=O)/C=C/C(=O)O. The number of hydrogen-bond donors (Lipinski definition) is 2. The number of unbranched alkanes of at least 4 members (excludes halogenated alkanes) is 12. The van der Waals surface area contributed by atoms with Crippen LogP contribution in [0.25, 0.3) is 0 Å². The molecule has 0 aromatic rings. The van der Waals surface area contributed by atoms with E-state index in [0.717, 1.165) is 25.0 Å². The van der Waals surface area contributed by atoms with Crippen molar-refractivity contribution in [3.05, 3.63) is 24.3 Å².